The van der Waals surface area contributed by atoms with Crippen LogP contribution in [0.1, 0.15) is 64.0 Å². The summed E-state index contributed by atoms with van der Waals surface area (Å²) in [6.07, 6.45) is -0.777. The van der Waals surface area contributed by atoms with E-state index in [0.29, 0.717) is 12.2 Å². The van der Waals surface area contributed by atoms with Gasteiger partial charge in [-0.3, -0.25) is 9.48 Å². The first-order valence-electron chi connectivity index (χ1n) is 9.19. The van der Waals surface area contributed by atoms with Crippen LogP contribution >= 0.6 is 0 Å². The summed E-state index contributed by atoms with van der Waals surface area (Å²) in [5.74, 6) is -0.114. The zero-order chi connectivity index (χ0) is 20.2. The molecule has 0 saturated heterocycles. The lowest BCUT2D eigenvalue weighted by molar-refractivity contribution is 0.0777. The van der Waals surface area contributed by atoms with E-state index in [4.69, 9.17) is 0 Å². The molecule has 0 aromatic carbocycles. The molecule has 148 valence electrons. The summed E-state index contributed by atoms with van der Waals surface area (Å²) in [6, 6.07) is 2.89. The normalized spacial score (nSPS) is 14.2. The second-order valence-corrected chi connectivity index (χ2v) is 7.41. The minimum Gasteiger partial charge on any atom is -0.336 e. The monoisotopic (exact) mass is 388 g/mol. The van der Waals surface area contributed by atoms with Crippen molar-refractivity contribution in [2.75, 3.05) is 7.05 Å². The van der Waals surface area contributed by atoms with E-state index in [-0.39, 0.29) is 28.9 Å². The molecule has 1 amide bonds. The molecule has 0 unspecified atom stereocenters. The van der Waals surface area contributed by atoms with Crippen LogP contribution in [-0.2, 0) is 13.6 Å². The number of hydrogen-bond donors (Lipinski definition) is 0. The first-order chi connectivity index (χ1) is 13.3. The molecule has 0 radical (unpaired) electrons. The van der Waals surface area contributed by atoms with Crippen LogP contribution in [0.2, 0.25) is 0 Å². The van der Waals surface area contributed by atoms with Crippen molar-refractivity contribution in [2.24, 2.45) is 7.05 Å². The first kappa shape index (κ1) is 18.5. The van der Waals surface area contributed by atoms with Gasteiger partial charge in [0.25, 0.3) is 12.3 Å². The second kappa shape index (κ2) is 6.65. The molecule has 0 spiro atoms. The van der Waals surface area contributed by atoms with Crippen molar-refractivity contribution in [1.82, 2.24) is 29.3 Å². The largest absolute Gasteiger partial charge is 0.336 e. The van der Waals surface area contributed by atoms with Gasteiger partial charge in [0.15, 0.2) is 11.3 Å². The van der Waals surface area contributed by atoms with E-state index in [9.17, 15) is 13.6 Å². The molecule has 28 heavy (non-hydrogen) atoms. The molecule has 1 saturated carbocycles. The minimum absolute atomic E-state index is 0.101. The number of rotatable bonds is 5. The van der Waals surface area contributed by atoms with Crippen molar-refractivity contribution in [3.63, 3.8) is 0 Å². The number of aryl methyl sites for hydroxylation is 2. The Balaban J connectivity index is 1.66. The summed E-state index contributed by atoms with van der Waals surface area (Å²) >= 11 is 0. The highest BCUT2D eigenvalue weighted by atomic mass is 19.3. The Morgan fingerprint density at radius 2 is 2.00 bits per heavy atom. The van der Waals surface area contributed by atoms with E-state index >= 15 is 0 Å². The van der Waals surface area contributed by atoms with Gasteiger partial charge in [-0.15, -0.1) is 0 Å². The van der Waals surface area contributed by atoms with Gasteiger partial charge in [-0.05, 0) is 32.8 Å². The summed E-state index contributed by atoms with van der Waals surface area (Å²) < 4.78 is 29.9. The maximum atomic E-state index is 13.5. The zero-order valence-electron chi connectivity index (χ0n) is 16.3. The van der Waals surface area contributed by atoms with Gasteiger partial charge in [0.1, 0.15) is 5.69 Å². The van der Waals surface area contributed by atoms with E-state index in [1.54, 1.807) is 11.7 Å². The number of fused-ring (bicyclic) bond motifs is 1. The highest BCUT2D eigenvalue weighted by Crippen LogP contribution is 2.40. The molecule has 7 nitrogen and oxygen atoms in total. The van der Waals surface area contributed by atoms with Gasteiger partial charge in [-0.25, -0.2) is 18.3 Å². The van der Waals surface area contributed by atoms with Crippen LogP contribution in [0.15, 0.2) is 12.1 Å². The molecule has 9 heteroatoms. The molecule has 1 aliphatic rings. The quantitative estimate of drug-likeness (QED) is 0.673. The number of nitrogens with zero attached hydrogens (tertiary/aromatic N) is 6. The van der Waals surface area contributed by atoms with Crippen LogP contribution in [0.25, 0.3) is 5.65 Å². The lowest BCUT2D eigenvalue weighted by Crippen LogP contribution is -2.27. The molecular formula is C19H22F2N6O. The standard InChI is InChI=1S/C19H22F2N6O/c1-10-13(11(2)26(4)23-10)9-25(3)19(28)15-8-17-22-14(12-5-6-12)7-16(18(20)21)27(17)24-15/h7-8,12,18H,5-6,9H2,1-4H3. The molecule has 3 aromatic heterocycles. The van der Waals surface area contributed by atoms with Crippen molar-refractivity contribution < 1.29 is 13.6 Å². The molecule has 0 N–H and O–H groups in total. The molecule has 3 aromatic rings. The van der Waals surface area contributed by atoms with Crippen LogP contribution in [0, 0.1) is 13.8 Å². The van der Waals surface area contributed by atoms with Gasteiger partial charge in [0, 0.05) is 49.6 Å². The van der Waals surface area contributed by atoms with Crippen molar-refractivity contribution >= 4 is 11.6 Å². The third-order valence-electron chi connectivity index (χ3n) is 5.31. The lowest BCUT2D eigenvalue weighted by Gasteiger charge is -2.16. The molecule has 3 heterocycles. The smallest absolute Gasteiger partial charge is 0.280 e. The predicted octanol–water partition coefficient (Wildman–Crippen LogP) is 3.17. The van der Waals surface area contributed by atoms with Gasteiger partial charge in [0.2, 0.25) is 0 Å². The number of hydrogen-bond acceptors (Lipinski definition) is 4. The number of amides is 1. The summed E-state index contributed by atoms with van der Waals surface area (Å²) in [5.41, 5.74) is 3.59. The van der Waals surface area contributed by atoms with E-state index in [0.717, 1.165) is 34.3 Å². The summed E-state index contributed by atoms with van der Waals surface area (Å²) in [6.45, 7) is 4.20. The van der Waals surface area contributed by atoms with Crippen LogP contribution in [0.3, 0.4) is 0 Å². The van der Waals surface area contributed by atoms with E-state index < -0.39 is 6.43 Å². The summed E-state index contributed by atoms with van der Waals surface area (Å²) in [4.78, 5) is 18.8. The van der Waals surface area contributed by atoms with Gasteiger partial charge in [0.05, 0.1) is 5.69 Å². The number of aromatic nitrogens is 5. The number of carbonyl (C=O) groups is 1. The van der Waals surface area contributed by atoms with E-state index in [2.05, 4.69) is 15.2 Å². The molecule has 4 rings (SSSR count). The topological polar surface area (TPSA) is 68.3 Å². The lowest BCUT2D eigenvalue weighted by atomic mass is 10.2. The van der Waals surface area contributed by atoms with E-state index in [1.807, 2.05) is 20.9 Å². The second-order valence-electron chi connectivity index (χ2n) is 7.41. The first-order valence-corrected chi connectivity index (χ1v) is 9.19. The third-order valence-corrected chi connectivity index (χ3v) is 5.31. The van der Waals surface area contributed by atoms with E-state index in [1.165, 1.54) is 17.0 Å². The predicted molar refractivity (Wildman–Crippen MR) is 98.4 cm³/mol. The zero-order valence-corrected chi connectivity index (χ0v) is 16.3. The van der Waals surface area contributed by atoms with Crippen molar-refractivity contribution in [2.45, 2.75) is 45.6 Å². The van der Waals surface area contributed by atoms with Gasteiger partial charge >= 0.3 is 0 Å². The molecule has 1 fully saturated rings. The molecular weight excluding hydrogens is 366 g/mol. The third kappa shape index (κ3) is 3.14. The van der Waals surface area contributed by atoms with Crippen LogP contribution in [-0.4, -0.2) is 42.2 Å². The SMILES string of the molecule is Cc1nn(C)c(C)c1CN(C)C(=O)c1cc2nc(C3CC3)cc(C(F)F)n2n1. The number of alkyl halides is 2. The number of carbonyl (C=O) groups excluding carboxylic acids is 1. The molecule has 0 aliphatic heterocycles. The van der Waals surface area contributed by atoms with Gasteiger partial charge in [-0.2, -0.15) is 10.2 Å². The van der Waals surface area contributed by atoms with Crippen molar-refractivity contribution in [1.29, 1.82) is 0 Å². The Labute approximate surface area is 161 Å². The van der Waals surface area contributed by atoms with Crippen molar-refractivity contribution in [3.05, 3.63) is 46.2 Å². The molecule has 1 aliphatic carbocycles. The fourth-order valence-electron chi connectivity index (χ4n) is 3.42. The Hall–Kier alpha value is -2.84. The van der Waals surface area contributed by atoms with Crippen LogP contribution in [0.4, 0.5) is 8.78 Å². The summed E-state index contributed by atoms with van der Waals surface area (Å²) in [7, 11) is 3.51. The Morgan fingerprint density at radius 3 is 2.57 bits per heavy atom. The highest BCUT2D eigenvalue weighted by Gasteiger charge is 2.29. The number of halogens is 2. The fraction of sp³-hybridized carbons (Fsp3) is 0.474. The fourth-order valence-corrected chi connectivity index (χ4v) is 3.42. The van der Waals surface area contributed by atoms with Gasteiger partial charge < -0.3 is 4.90 Å². The van der Waals surface area contributed by atoms with Crippen molar-refractivity contribution in [3.8, 4) is 0 Å². The highest BCUT2D eigenvalue weighted by molar-refractivity contribution is 5.93. The molecule has 0 atom stereocenters. The summed E-state index contributed by atoms with van der Waals surface area (Å²) in [5, 5.41) is 8.49. The van der Waals surface area contributed by atoms with Crippen LogP contribution < -0.4 is 0 Å². The Bertz CT molecular complexity index is 1070. The maximum Gasteiger partial charge on any atom is 0.280 e. The minimum atomic E-state index is -2.69. The Kier molecular flexibility index (Phi) is 4.40. The van der Waals surface area contributed by atoms with Gasteiger partial charge in [-0.1, -0.05) is 0 Å². The Morgan fingerprint density at radius 1 is 1.29 bits per heavy atom. The van der Waals surface area contributed by atoms with Crippen LogP contribution in [0.5, 0.6) is 0 Å². The maximum absolute atomic E-state index is 13.5. The average molecular weight is 388 g/mol. The average Bonchev–Trinajstić information content (AvgIpc) is 3.37. The molecule has 0 bridgehead atoms.